The predicted molar refractivity (Wildman–Crippen MR) is 126 cm³/mol. The molecule has 34 heavy (non-hydrogen) atoms. The maximum Gasteiger partial charge on any atom is 0.419 e. The third kappa shape index (κ3) is 5.37. The summed E-state index contributed by atoms with van der Waals surface area (Å²) in [5, 5.41) is 15.6. The maximum absolute atomic E-state index is 12.7. The summed E-state index contributed by atoms with van der Waals surface area (Å²) < 4.78 is 17.7. The zero-order valence-corrected chi connectivity index (χ0v) is 19.2. The van der Waals surface area contributed by atoms with Gasteiger partial charge in [0.25, 0.3) is 5.91 Å². The zero-order valence-electron chi connectivity index (χ0n) is 19.2. The second-order valence-electron chi connectivity index (χ2n) is 8.37. The first-order chi connectivity index (χ1) is 16.5. The molecule has 1 unspecified atom stereocenters. The number of methoxy groups -OCH3 is 1. The lowest BCUT2D eigenvalue weighted by Gasteiger charge is -2.25. The van der Waals surface area contributed by atoms with Gasteiger partial charge >= 0.3 is 5.76 Å². The number of fused-ring (bicyclic) bond motifs is 1. The van der Waals surface area contributed by atoms with Crippen molar-refractivity contribution in [2.75, 3.05) is 26.8 Å². The van der Waals surface area contributed by atoms with E-state index in [2.05, 4.69) is 16.7 Å². The fourth-order valence-electron chi connectivity index (χ4n) is 3.99. The van der Waals surface area contributed by atoms with E-state index in [1.54, 1.807) is 20.2 Å². The molecule has 4 rings (SSSR count). The van der Waals surface area contributed by atoms with Crippen LogP contribution >= 0.6 is 0 Å². The van der Waals surface area contributed by atoms with E-state index < -0.39 is 17.9 Å². The molecule has 1 aliphatic rings. The van der Waals surface area contributed by atoms with Crippen molar-refractivity contribution in [1.82, 2.24) is 15.2 Å². The molecule has 0 spiro atoms. The van der Waals surface area contributed by atoms with Crippen LogP contribution in [-0.4, -0.2) is 55.5 Å². The normalized spacial score (nSPS) is 19.7. The van der Waals surface area contributed by atoms with E-state index >= 15 is 0 Å². The molecule has 9 nitrogen and oxygen atoms in total. The van der Waals surface area contributed by atoms with Crippen LogP contribution in [0.2, 0.25) is 0 Å². The molecule has 1 aromatic heterocycles. The monoisotopic (exact) mass is 464 g/mol. The highest BCUT2D eigenvalue weighted by Gasteiger charge is 2.25. The van der Waals surface area contributed by atoms with Crippen LogP contribution in [0.5, 0.6) is 0 Å². The van der Waals surface area contributed by atoms with Crippen LogP contribution in [0, 0.1) is 11.3 Å². The first kappa shape index (κ1) is 23.7. The fourth-order valence-corrected chi connectivity index (χ4v) is 3.99. The third-order valence-electron chi connectivity index (χ3n) is 6.07. The summed E-state index contributed by atoms with van der Waals surface area (Å²) in [4.78, 5) is 24.4. The van der Waals surface area contributed by atoms with Gasteiger partial charge in [-0.15, -0.1) is 0 Å². The molecule has 3 aromatic rings. The number of oxazole rings is 1. The lowest BCUT2D eigenvalue weighted by Crippen LogP contribution is -2.49. The summed E-state index contributed by atoms with van der Waals surface area (Å²) in [5.41, 5.74) is 4.11. The Labute approximate surface area is 197 Å². The lowest BCUT2D eigenvalue weighted by atomic mass is 10.0. The van der Waals surface area contributed by atoms with Gasteiger partial charge in [0.1, 0.15) is 12.1 Å². The number of carbonyl (C=O) groups is 1. The highest BCUT2D eigenvalue weighted by atomic mass is 16.5. The summed E-state index contributed by atoms with van der Waals surface area (Å²) >= 11 is 0. The molecule has 9 heteroatoms. The van der Waals surface area contributed by atoms with E-state index in [1.807, 2.05) is 36.4 Å². The number of aryl methyl sites for hydroxylation is 1. The number of hydrogen-bond acceptors (Lipinski definition) is 7. The van der Waals surface area contributed by atoms with Crippen molar-refractivity contribution in [3.63, 3.8) is 0 Å². The minimum Gasteiger partial charge on any atom is -0.408 e. The average molecular weight is 465 g/mol. The molecular weight excluding hydrogens is 436 g/mol. The van der Waals surface area contributed by atoms with Crippen molar-refractivity contribution in [3.05, 3.63) is 58.6 Å². The van der Waals surface area contributed by atoms with E-state index in [0.717, 1.165) is 35.2 Å². The molecule has 1 aliphatic heterocycles. The highest BCUT2D eigenvalue weighted by Crippen LogP contribution is 2.24. The largest absolute Gasteiger partial charge is 0.419 e. The molecule has 2 aromatic carbocycles. The van der Waals surface area contributed by atoms with Crippen LogP contribution in [0.15, 0.2) is 51.7 Å². The first-order valence-corrected chi connectivity index (χ1v) is 11.2. The Bertz CT molecular complexity index is 1240. The SMILES string of the molecule is COC1CCNC[C@@H](C(=O)N[C@H](C#N)Cc2ccc(-c3ccc4oc(=O)n(C)c4c3)cc2)OC1. The number of benzene rings is 2. The molecule has 0 bridgehead atoms. The molecule has 2 heterocycles. The predicted octanol–water partition coefficient (Wildman–Crippen LogP) is 1.74. The molecule has 1 saturated heterocycles. The van der Waals surface area contributed by atoms with Gasteiger partial charge in [-0.05, 0) is 41.8 Å². The second kappa shape index (κ2) is 10.7. The van der Waals surface area contributed by atoms with Crippen molar-refractivity contribution in [1.29, 1.82) is 5.26 Å². The second-order valence-corrected chi connectivity index (χ2v) is 8.37. The molecule has 1 fully saturated rings. The van der Waals surface area contributed by atoms with Gasteiger partial charge in [-0.3, -0.25) is 9.36 Å². The van der Waals surface area contributed by atoms with Gasteiger partial charge in [-0.1, -0.05) is 30.3 Å². The Morgan fingerprint density at radius 2 is 2.06 bits per heavy atom. The third-order valence-corrected chi connectivity index (χ3v) is 6.07. The van der Waals surface area contributed by atoms with Gasteiger partial charge in [-0.2, -0.15) is 5.26 Å². The van der Waals surface area contributed by atoms with Crippen molar-refractivity contribution in [3.8, 4) is 17.2 Å². The summed E-state index contributed by atoms with van der Waals surface area (Å²) in [5.74, 6) is -0.711. The van der Waals surface area contributed by atoms with Crippen LogP contribution < -0.4 is 16.4 Å². The minimum absolute atomic E-state index is 0.0625. The van der Waals surface area contributed by atoms with Crippen LogP contribution in [-0.2, 0) is 27.7 Å². The molecule has 0 aliphatic carbocycles. The van der Waals surface area contributed by atoms with Crippen LogP contribution in [0.25, 0.3) is 22.2 Å². The Kier molecular flexibility index (Phi) is 7.43. The van der Waals surface area contributed by atoms with Crippen molar-refractivity contribution in [2.24, 2.45) is 7.05 Å². The Hall–Kier alpha value is -3.45. The zero-order chi connectivity index (χ0) is 24.1. The van der Waals surface area contributed by atoms with Gasteiger partial charge in [0.05, 0.1) is 24.3 Å². The van der Waals surface area contributed by atoms with E-state index in [0.29, 0.717) is 25.2 Å². The molecule has 0 radical (unpaired) electrons. The number of carbonyl (C=O) groups excluding carboxylic acids is 1. The number of ether oxygens (including phenoxy) is 2. The Balaban J connectivity index is 1.40. The fraction of sp³-hybridized carbons (Fsp3) is 0.400. The number of aromatic nitrogens is 1. The number of amides is 1. The molecule has 3 atom stereocenters. The summed E-state index contributed by atoms with van der Waals surface area (Å²) in [6.07, 6.45) is 0.450. The molecule has 1 amide bonds. The number of nitriles is 1. The van der Waals surface area contributed by atoms with E-state index in [1.165, 1.54) is 4.57 Å². The van der Waals surface area contributed by atoms with Gasteiger partial charge < -0.3 is 24.5 Å². The van der Waals surface area contributed by atoms with E-state index in [-0.39, 0.29) is 12.0 Å². The van der Waals surface area contributed by atoms with Gasteiger partial charge in [0, 0.05) is 27.1 Å². The standard InChI is InChI=1S/C25H28N4O5/c1-29-21-12-18(7-8-22(21)34-25(29)31)17-5-3-16(4-6-17)11-19(13-26)28-24(30)23-14-27-10-9-20(32-2)15-33-23/h3-8,12,19-20,23,27H,9-11,14-15H2,1-2H3,(H,28,30)/t19-,20?,23-/m0/s1. The van der Waals surface area contributed by atoms with Crippen molar-refractivity contribution in [2.45, 2.75) is 31.1 Å². The van der Waals surface area contributed by atoms with Gasteiger partial charge in [-0.25, -0.2) is 4.79 Å². The topological polar surface area (TPSA) is 119 Å². The first-order valence-electron chi connectivity index (χ1n) is 11.2. The average Bonchev–Trinajstić information content (AvgIpc) is 3.12. The molecule has 178 valence electrons. The van der Waals surface area contributed by atoms with E-state index in [9.17, 15) is 14.9 Å². The van der Waals surface area contributed by atoms with Crippen LogP contribution in [0.1, 0.15) is 12.0 Å². The lowest BCUT2D eigenvalue weighted by molar-refractivity contribution is -0.136. The number of rotatable bonds is 6. The quantitative estimate of drug-likeness (QED) is 0.570. The summed E-state index contributed by atoms with van der Waals surface area (Å²) in [6, 6.07) is 14.9. The van der Waals surface area contributed by atoms with Crippen LogP contribution in [0.4, 0.5) is 0 Å². The van der Waals surface area contributed by atoms with Crippen molar-refractivity contribution >= 4 is 17.0 Å². The smallest absolute Gasteiger partial charge is 0.408 e. The van der Waals surface area contributed by atoms with Gasteiger partial charge in [0.2, 0.25) is 0 Å². The number of nitrogens with zero attached hydrogens (tertiary/aromatic N) is 2. The molecular formula is C25H28N4O5. The maximum atomic E-state index is 12.7. The summed E-state index contributed by atoms with van der Waals surface area (Å²) in [7, 11) is 3.30. The Morgan fingerprint density at radius 1 is 1.29 bits per heavy atom. The number of nitrogens with one attached hydrogen (secondary N) is 2. The minimum atomic E-state index is -0.678. The van der Waals surface area contributed by atoms with Crippen LogP contribution in [0.3, 0.4) is 0 Å². The highest BCUT2D eigenvalue weighted by molar-refractivity contribution is 5.82. The molecule has 0 saturated carbocycles. The van der Waals surface area contributed by atoms with Gasteiger partial charge in [0.15, 0.2) is 5.58 Å². The van der Waals surface area contributed by atoms with Crippen molar-refractivity contribution < 1.29 is 18.7 Å². The Morgan fingerprint density at radius 3 is 2.79 bits per heavy atom. The summed E-state index contributed by atoms with van der Waals surface area (Å²) in [6.45, 7) is 1.47. The number of hydrogen-bond donors (Lipinski definition) is 2. The van der Waals surface area contributed by atoms with E-state index in [4.69, 9.17) is 13.9 Å². The molecule has 2 N–H and O–H groups in total.